The van der Waals surface area contributed by atoms with Crippen LogP contribution in [0.2, 0.25) is 0 Å². The fraction of sp³-hybridized carbons (Fsp3) is 0.435. The minimum absolute atomic E-state index is 0.0450. The molecule has 3 rings (SSSR count). The predicted octanol–water partition coefficient (Wildman–Crippen LogP) is 2.71. The first-order valence-corrected chi connectivity index (χ1v) is 10.2. The SMILES string of the molecule is COc1ccccc1N1CCN(C(C)C(=O)NCCOc2cccc(C)c2)CC1. The van der Waals surface area contributed by atoms with Crippen LogP contribution in [0.15, 0.2) is 48.5 Å². The summed E-state index contributed by atoms with van der Waals surface area (Å²) >= 11 is 0. The summed E-state index contributed by atoms with van der Waals surface area (Å²) in [6.45, 7) is 8.38. The average Bonchev–Trinajstić information content (AvgIpc) is 2.76. The van der Waals surface area contributed by atoms with E-state index < -0.39 is 0 Å². The molecule has 2 aromatic carbocycles. The summed E-state index contributed by atoms with van der Waals surface area (Å²) in [5.41, 5.74) is 2.27. The van der Waals surface area contributed by atoms with E-state index in [1.807, 2.05) is 56.3 Å². The lowest BCUT2D eigenvalue weighted by atomic mass is 10.2. The van der Waals surface area contributed by atoms with Gasteiger partial charge in [0.15, 0.2) is 0 Å². The predicted molar refractivity (Wildman–Crippen MR) is 116 cm³/mol. The zero-order valence-corrected chi connectivity index (χ0v) is 17.6. The van der Waals surface area contributed by atoms with Crippen molar-refractivity contribution < 1.29 is 14.3 Å². The number of benzene rings is 2. The summed E-state index contributed by atoms with van der Waals surface area (Å²) in [5.74, 6) is 1.77. The maximum absolute atomic E-state index is 12.5. The Balaban J connectivity index is 1.41. The van der Waals surface area contributed by atoms with Gasteiger partial charge >= 0.3 is 0 Å². The second-order valence-electron chi connectivity index (χ2n) is 7.33. The molecular weight excluding hydrogens is 366 g/mol. The first-order chi connectivity index (χ1) is 14.1. The fourth-order valence-corrected chi connectivity index (χ4v) is 3.60. The van der Waals surface area contributed by atoms with Crippen LogP contribution >= 0.6 is 0 Å². The van der Waals surface area contributed by atoms with Gasteiger partial charge in [-0.15, -0.1) is 0 Å². The Bertz CT molecular complexity index is 803. The molecule has 0 spiro atoms. The third-order valence-electron chi connectivity index (χ3n) is 5.33. The molecule has 1 saturated heterocycles. The summed E-state index contributed by atoms with van der Waals surface area (Å²) in [6.07, 6.45) is 0. The molecule has 0 aliphatic carbocycles. The lowest BCUT2D eigenvalue weighted by molar-refractivity contribution is -0.126. The quantitative estimate of drug-likeness (QED) is 0.694. The average molecular weight is 398 g/mol. The number of piperazine rings is 1. The maximum atomic E-state index is 12.5. The van der Waals surface area contributed by atoms with E-state index in [2.05, 4.69) is 21.2 Å². The third-order valence-corrected chi connectivity index (χ3v) is 5.33. The van der Waals surface area contributed by atoms with E-state index in [0.717, 1.165) is 48.9 Å². The molecule has 6 nitrogen and oxygen atoms in total. The van der Waals surface area contributed by atoms with Crippen molar-refractivity contribution >= 4 is 11.6 Å². The molecule has 1 atom stereocenters. The number of hydrogen-bond acceptors (Lipinski definition) is 5. The van der Waals surface area contributed by atoms with E-state index in [1.165, 1.54) is 0 Å². The summed E-state index contributed by atoms with van der Waals surface area (Å²) in [7, 11) is 1.70. The second-order valence-corrected chi connectivity index (χ2v) is 7.33. The fourth-order valence-electron chi connectivity index (χ4n) is 3.60. The van der Waals surface area contributed by atoms with Gasteiger partial charge in [0.1, 0.15) is 18.1 Å². The molecule has 0 aromatic heterocycles. The molecule has 1 amide bonds. The molecule has 1 unspecified atom stereocenters. The van der Waals surface area contributed by atoms with Crippen LogP contribution in [-0.4, -0.2) is 63.3 Å². The monoisotopic (exact) mass is 397 g/mol. The first kappa shape index (κ1) is 21.0. The van der Waals surface area contributed by atoms with Crippen molar-refractivity contribution in [2.24, 2.45) is 0 Å². The van der Waals surface area contributed by atoms with Crippen molar-refractivity contribution in [3.63, 3.8) is 0 Å². The lowest BCUT2D eigenvalue weighted by Crippen LogP contribution is -2.54. The molecule has 1 fully saturated rings. The van der Waals surface area contributed by atoms with E-state index in [-0.39, 0.29) is 11.9 Å². The van der Waals surface area contributed by atoms with Gasteiger partial charge in [0, 0.05) is 26.2 Å². The molecule has 156 valence electrons. The Hall–Kier alpha value is -2.73. The van der Waals surface area contributed by atoms with E-state index in [9.17, 15) is 4.79 Å². The van der Waals surface area contributed by atoms with E-state index in [4.69, 9.17) is 9.47 Å². The van der Waals surface area contributed by atoms with Crippen LogP contribution in [0.1, 0.15) is 12.5 Å². The number of methoxy groups -OCH3 is 1. The minimum Gasteiger partial charge on any atom is -0.495 e. The van der Waals surface area contributed by atoms with Gasteiger partial charge in [-0.25, -0.2) is 0 Å². The number of amides is 1. The first-order valence-electron chi connectivity index (χ1n) is 10.2. The van der Waals surface area contributed by atoms with E-state index >= 15 is 0 Å². The molecule has 1 heterocycles. The second kappa shape index (κ2) is 10.2. The number of nitrogens with one attached hydrogen (secondary N) is 1. The highest BCUT2D eigenvalue weighted by Gasteiger charge is 2.26. The minimum atomic E-state index is -0.159. The molecule has 2 aromatic rings. The highest BCUT2D eigenvalue weighted by Crippen LogP contribution is 2.28. The normalized spacial score (nSPS) is 15.6. The van der Waals surface area contributed by atoms with Crippen LogP contribution in [0.25, 0.3) is 0 Å². The number of carbonyl (C=O) groups is 1. The molecule has 29 heavy (non-hydrogen) atoms. The largest absolute Gasteiger partial charge is 0.495 e. The van der Waals surface area contributed by atoms with Crippen LogP contribution in [-0.2, 0) is 4.79 Å². The Morgan fingerprint density at radius 2 is 1.86 bits per heavy atom. The van der Waals surface area contributed by atoms with Crippen molar-refractivity contribution in [2.75, 3.05) is 51.3 Å². The highest BCUT2D eigenvalue weighted by molar-refractivity contribution is 5.81. The van der Waals surface area contributed by atoms with Gasteiger partial charge in [-0.05, 0) is 43.7 Å². The zero-order chi connectivity index (χ0) is 20.6. The summed E-state index contributed by atoms with van der Waals surface area (Å²) < 4.78 is 11.2. The number of ether oxygens (including phenoxy) is 2. The maximum Gasteiger partial charge on any atom is 0.237 e. The summed E-state index contributed by atoms with van der Waals surface area (Å²) in [4.78, 5) is 17.1. The highest BCUT2D eigenvalue weighted by atomic mass is 16.5. The van der Waals surface area contributed by atoms with Crippen LogP contribution in [0, 0.1) is 6.92 Å². The number of nitrogens with zero attached hydrogens (tertiary/aromatic N) is 2. The zero-order valence-electron chi connectivity index (χ0n) is 17.6. The smallest absolute Gasteiger partial charge is 0.237 e. The third kappa shape index (κ3) is 5.64. The number of aryl methyl sites for hydroxylation is 1. The number of para-hydroxylation sites is 2. The number of carbonyl (C=O) groups excluding carboxylic acids is 1. The number of hydrogen-bond donors (Lipinski definition) is 1. The van der Waals surface area contributed by atoms with Crippen LogP contribution in [0.5, 0.6) is 11.5 Å². The Morgan fingerprint density at radius 3 is 2.59 bits per heavy atom. The van der Waals surface area contributed by atoms with Gasteiger partial charge in [0.2, 0.25) is 5.91 Å². The number of anilines is 1. The van der Waals surface area contributed by atoms with Crippen molar-refractivity contribution in [3.8, 4) is 11.5 Å². The van der Waals surface area contributed by atoms with Gasteiger partial charge in [-0.1, -0.05) is 24.3 Å². The van der Waals surface area contributed by atoms with Crippen molar-refractivity contribution in [3.05, 3.63) is 54.1 Å². The molecule has 0 radical (unpaired) electrons. The van der Waals surface area contributed by atoms with Gasteiger partial charge in [0.25, 0.3) is 0 Å². The van der Waals surface area contributed by atoms with Crippen LogP contribution in [0.4, 0.5) is 5.69 Å². The van der Waals surface area contributed by atoms with Crippen LogP contribution < -0.4 is 19.7 Å². The Morgan fingerprint density at radius 1 is 1.10 bits per heavy atom. The molecule has 0 bridgehead atoms. The summed E-state index contributed by atoms with van der Waals surface area (Å²) in [6, 6.07) is 15.8. The van der Waals surface area contributed by atoms with Gasteiger partial charge in [-0.3, -0.25) is 9.69 Å². The van der Waals surface area contributed by atoms with Crippen molar-refractivity contribution in [1.29, 1.82) is 0 Å². The van der Waals surface area contributed by atoms with Crippen LogP contribution in [0.3, 0.4) is 0 Å². The van der Waals surface area contributed by atoms with Crippen molar-refractivity contribution in [1.82, 2.24) is 10.2 Å². The van der Waals surface area contributed by atoms with E-state index in [1.54, 1.807) is 7.11 Å². The molecule has 6 heteroatoms. The lowest BCUT2D eigenvalue weighted by Gasteiger charge is -2.38. The van der Waals surface area contributed by atoms with Gasteiger partial charge in [-0.2, -0.15) is 0 Å². The Kier molecular flexibility index (Phi) is 7.36. The molecule has 1 N–H and O–H groups in total. The molecule has 0 saturated carbocycles. The Labute approximate surface area is 173 Å². The van der Waals surface area contributed by atoms with Gasteiger partial charge in [0.05, 0.1) is 25.4 Å². The van der Waals surface area contributed by atoms with E-state index in [0.29, 0.717) is 13.2 Å². The van der Waals surface area contributed by atoms with Gasteiger partial charge < -0.3 is 19.7 Å². The van der Waals surface area contributed by atoms with Crippen molar-refractivity contribution in [2.45, 2.75) is 19.9 Å². The molecule has 1 aliphatic rings. The molecule has 1 aliphatic heterocycles. The number of rotatable bonds is 8. The topological polar surface area (TPSA) is 54.0 Å². The summed E-state index contributed by atoms with van der Waals surface area (Å²) in [5, 5.41) is 2.99. The standard InChI is InChI=1S/C23H31N3O3/c1-18-7-6-8-20(17-18)29-16-11-24-23(27)19(2)25-12-14-26(15-13-25)21-9-4-5-10-22(21)28-3/h4-10,17,19H,11-16H2,1-3H3,(H,24,27). The molecular formula is C23H31N3O3.